The molecule has 7 rings (SSSR count). The van der Waals surface area contributed by atoms with E-state index in [1.54, 1.807) is 4.90 Å². The van der Waals surface area contributed by atoms with E-state index in [0.29, 0.717) is 32.7 Å². The third-order valence-electron chi connectivity index (χ3n) is 12.6. The number of aromatic amines is 1. The van der Waals surface area contributed by atoms with Crippen molar-refractivity contribution in [3.63, 3.8) is 0 Å². The summed E-state index contributed by atoms with van der Waals surface area (Å²) < 4.78 is 16.3. The lowest BCUT2D eigenvalue weighted by molar-refractivity contribution is -0.137. The van der Waals surface area contributed by atoms with Crippen LogP contribution in [0, 0.1) is 5.92 Å². The number of benzene rings is 3. The Morgan fingerprint density at radius 3 is 2.40 bits per heavy atom. The molecule has 1 unspecified atom stereocenters. The highest BCUT2D eigenvalue weighted by molar-refractivity contribution is 5.90. The van der Waals surface area contributed by atoms with Gasteiger partial charge < -0.3 is 34.7 Å². The largest absolute Gasteiger partial charge is 0.453 e. The summed E-state index contributed by atoms with van der Waals surface area (Å²) in [5.41, 5.74) is 6.61. The summed E-state index contributed by atoms with van der Waals surface area (Å²) in [4.78, 5) is 51.3. The number of hydrogen-bond acceptors (Lipinski definition) is 8. The van der Waals surface area contributed by atoms with Crippen LogP contribution in [0.1, 0.15) is 90.6 Å². The van der Waals surface area contributed by atoms with Crippen molar-refractivity contribution in [2.45, 2.75) is 103 Å². The fourth-order valence-electron chi connectivity index (χ4n) is 8.75. The van der Waals surface area contributed by atoms with Crippen molar-refractivity contribution < 1.29 is 28.6 Å². The molecule has 60 heavy (non-hydrogen) atoms. The average molecular weight is 817 g/mol. The van der Waals surface area contributed by atoms with Crippen molar-refractivity contribution >= 4 is 34.6 Å². The molecule has 3 saturated heterocycles. The number of ether oxygens (including phenoxy) is 3. The number of likely N-dealkylation sites (tertiary alicyclic amines) is 2. The highest BCUT2D eigenvalue weighted by Gasteiger charge is 2.41. The highest BCUT2D eigenvalue weighted by Crippen LogP contribution is 2.36. The van der Waals surface area contributed by atoms with Gasteiger partial charge in [0.05, 0.1) is 31.1 Å². The van der Waals surface area contributed by atoms with Crippen LogP contribution in [0.5, 0.6) is 0 Å². The molecule has 0 saturated carbocycles. The van der Waals surface area contributed by atoms with Gasteiger partial charge in [0.15, 0.2) is 0 Å². The lowest BCUT2D eigenvalue weighted by Gasteiger charge is -2.37. The lowest BCUT2D eigenvalue weighted by atomic mass is 9.90. The van der Waals surface area contributed by atoms with E-state index in [1.807, 2.05) is 38.8 Å². The van der Waals surface area contributed by atoms with Crippen LogP contribution in [0.15, 0.2) is 85.1 Å². The predicted octanol–water partition coefficient (Wildman–Crippen LogP) is 9.01. The molecule has 0 spiro atoms. The van der Waals surface area contributed by atoms with Gasteiger partial charge in [0.2, 0.25) is 5.91 Å². The van der Waals surface area contributed by atoms with Crippen LogP contribution >= 0.6 is 0 Å². The summed E-state index contributed by atoms with van der Waals surface area (Å²) in [6.45, 7) is 16.4. The van der Waals surface area contributed by atoms with Gasteiger partial charge in [0.25, 0.3) is 0 Å². The molecule has 3 aromatic carbocycles. The Morgan fingerprint density at radius 2 is 1.68 bits per heavy atom. The van der Waals surface area contributed by atoms with E-state index in [9.17, 15) is 14.4 Å². The second-order valence-corrected chi connectivity index (χ2v) is 17.1. The molecule has 3 amide bonds. The normalized spacial score (nSPS) is 20.0. The SMILES string of the molecule is C=C1C[C@@H](c2ncc(-c3ccc(-c4ccc5cc(/C(=C/C)NC(C)[C@@H]6CCCN6C(=O)[C@@H](NC(=O)OC)C6CCOCC6)ccc5c4)cc3)[nH]2)N(C(=O)OC(C)(C)CC)C1. The summed E-state index contributed by atoms with van der Waals surface area (Å²) in [7, 11) is 1.33. The number of nitrogens with one attached hydrogen (secondary N) is 3. The molecule has 4 heterocycles. The van der Waals surface area contributed by atoms with Crippen LogP contribution < -0.4 is 10.6 Å². The van der Waals surface area contributed by atoms with Gasteiger partial charge in [-0.25, -0.2) is 14.6 Å². The smallest absolute Gasteiger partial charge is 0.411 e. The molecule has 12 nitrogen and oxygen atoms in total. The van der Waals surface area contributed by atoms with Gasteiger partial charge in [-0.3, -0.25) is 9.69 Å². The molecule has 0 aliphatic carbocycles. The standard InChI is InChI=1S/C48H60N6O6/c1-8-39(50-31(4)41-11-10-22-53(41)45(55)43(52-46(56)58-7)34-20-23-59-24-21-34)38-19-18-36-26-35(16-17-37(36)27-38)32-12-14-33(15-13-32)40-28-49-44(51-40)42-25-30(3)29-54(42)47(57)60-48(5,6)9-2/h8,12-19,26-28,31,34,41-43,50H,3,9-11,20-25,29H2,1-2,4-7H3,(H,49,51)(H,52,56)/b39-8-/t31?,41-,42-,43-/m0/s1. The minimum absolute atomic E-state index is 0.00329. The third-order valence-corrected chi connectivity index (χ3v) is 12.6. The van der Waals surface area contributed by atoms with Crippen molar-refractivity contribution in [2.75, 3.05) is 33.4 Å². The number of rotatable bonds is 12. The Morgan fingerprint density at radius 1 is 0.983 bits per heavy atom. The Kier molecular flexibility index (Phi) is 13.0. The van der Waals surface area contributed by atoms with Gasteiger partial charge in [-0.2, -0.15) is 0 Å². The Labute approximate surface area is 353 Å². The van der Waals surface area contributed by atoms with E-state index in [-0.39, 0.29) is 36.0 Å². The van der Waals surface area contributed by atoms with Gasteiger partial charge in [-0.05, 0) is 117 Å². The van der Waals surface area contributed by atoms with Gasteiger partial charge in [-0.15, -0.1) is 0 Å². The van der Waals surface area contributed by atoms with Crippen LogP contribution in [0.4, 0.5) is 9.59 Å². The fourth-order valence-corrected chi connectivity index (χ4v) is 8.75. The molecular formula is C48H60N6O6. The summed E-state index contributed by atoms with van der Waals surface area (Å²) in [5.74, 6) is 0.675. The van der Waals surface area contributed by atoms with Crippen LogP contribution in [0.2, 0.25) is 0 Å². The molecule has 4 aromatic rings. The number of carbonyl (C=O) groups is 3. The summed E-state index contributed by atoms with van der Waals surface area (Å²) in [5, 5.41) is 8.85. The van der Waals surface area contributed by atoms with Crippen LogP contribution in [-0.2, 0) is 19.0 Å². The van der Waals surface area contributed by atoms with Gasteiger partial charge in [-0.1, -0.05) is 73.7 Å². The zero-order valence-corrected chi connectivity index (χ0v) is 35.9. The summed E-state index contributed by atoms with van der Waals surface area (Å²) in [6, 6.07) is 20.5. The summed E-state index contributed by atoms with van der Waals surface area (Å²) in [6.07, 6.45) is 7.57. The highest BCUT2D eigenvalue weighted by atomic mass is 16.6. The maximum absolute atomic E-state index is 14.1. The number of amides is 3. The van der Waals surface area contributed by atoms with Crippen molar-refractivity contribution in [3.8, 4) is 22.4 Å². The minimum atomic E-state index is -0.642. The Bertz CT molecular complexity index is 2220. The van der Waals surface area contributed by atoms with E-state index < -0.39 is 17.7 Å². The van der Waals surface area contributed by atoms with E-state index in [4.69, 9.17) is 14.2 Å². The Balaban J connectivity index is 1.01. The number of imidazole rings is 1. The number of alkyl carbamates (subject to hydrolysis) is 1. The maximum Gasteiger partial charge on any atom is 0.411 e. The molecule has 1 aromatic heterocycles. The van der Waals surface area contributed by atoms with Gasteiger partial charge >= 0.3 is 12.2 Å². The van der Waals surface area contributed by atoms with Crippen molar-refractivity contribution in [1.82, 2.24) is 30.4 Å². The monoisotopic (exact) mass is 816 g/mol. The molecular weight excluding hydrogens is 757 g/mol. The van der Waals surface area contributed by atoms with E-state index in [0.717, 1.165) is 87.9 Å². The van der Waals surface area contributed by atoms with Crippen molar-refractivity contribution in [2.24, 2.45) is 5.92 Å². The second-order valence-electron chi connectivity index (χ2n) is 17.1. The molecule has 0 bridgehead atoms. The molecule has 0 radical (unpaired) electrons. The average Bonchev–Trinajstić information content (AvgIpc) is 4.05. The van der Waals surface area contributed by atoms with Crippen LogP contribution in [0.25, 0.3) is 38.9 Å². The zero-order valence-electron chi connectivity index (χ0n) is 35.9. The molecule has 3 N–H and O–H groups in total. The number of aromatic nitrogens is 2. The minimum Gasteiger partial charge on any atom is -0.453 e. The number of allylic oxidation sites excluding steroid dienone is 1. The van der Waals surface area contributed by atoms with E-state index in [1.165, 1.54) is 7.11 Å². The van der Waals surface area contributed by atoms with Crippen LogP contribution in [0.3, 0.4) is 0 Å². The van der Waals surface area contributed by atoms with Gasteiger partial charge in [0.1, 0.15) is 17.5 Å². The Hall–Kier alpha value is -5.62. The van der Waals surface area contributed by atoms with E-state index >= 15 is 0 Å². The zero-order chi connectivity index (χ0) is 42.6. The molecule has 318 valence electrons. The number of nitrogens with zero attached hydrogens (tertiary/aromatic N) is 3. The first-order valence-electron chi connectivity index (χ1n) is 21.4. The number of fused-ring (bicyclic) bond motifs is 1. The number of carbonyl (C=O) groups excluding carboxylic acids is 3. The molecule has 4 atom stereocenters. The molecule has 3 aliphatic rings. The first kappa shape index (κ1) is 42.5. The number of methoxy groups -OCH3 is 1. The number of hydrogen-bond donors (Lipinski definition) is 3. The maximum atomic E-state index is 14.1. The molecule has 12 heteroatoms. The second kappa shape index (κ2) is 18.3. The number of H-pyrrole nitrogens is 1. The van der Waals surface area contributed by atoms with Gasteiger partial charge in [0, 0.05) is 38.0 Å². The third kappa shape index (κ3) is 9.39. The van der Waals surface area contributed by atoms with Crippen molar-refractivity contribution in [3.05, 3.63) is 96.5 Å². The fraction of sp³-hybridized carbons (Fsp3) is 0.458. The topological polar surface area (TPSA) is 138 Å². The first-order chi connectivity index (χ1) is 28.9. The van der Waals surface area contributed by atoms with E-state index in [2.05, 4.69) is 101 Å². The van der Waals surface area contributed by atoms with Crippen LogP contribution in [-0.4, -0.2) is 95.0 Å². The lowest BCUT2D eigenvalue weighted by Crippen LogP contribution is -2.57. The first-order valence-corrected chi connectivity index (χ1v) is 21.4. The van der Waals surface area contributed by atoms with Crippen molar-refractivity contribution in [1.29, 1.82) is 0 Å². The quantitative estimate of drug-likeness (QED) is 0.121. The molecule has 3 aliphatic heterocycles. The molecule has 3 fully saturated rings. The predicted molar refractivity (Wildman–Crippen MR) is 235 cm³/mol. The summed E-state index contributed by atoms with van der Waals surface area (Å²) >= 11 is 0.